The van der Waals surface area contributed by atoms with Crippen LogP contribution in [0.1, 0.15) is 5.56 Å². The number of rotatable bonds is 0. The third-order valence-corrected chi connectivity index (χ3v) is 10.7. The Labute approximate surface area is 250 Å². The van der Waals surface area contributed by atoms with Crippen molar-refractivity contribution >= 4 is 99.8 Å². The standard InChI is InChI=1S/C39H23BN2O2/c1-5-13-30-25(11-1)35-37-29(19-28-24-10-4-8-16-33(24)44-39(28)35)40-22(20-41(30)37)17-21-18-27-23-9-3-7-15-32(23)43-38(27)34-26-12-2-6-14-31(26)42(40)36(21)34/h1-16,18-19,22H,17,20H2. The van der Waals surface area contributed by atoms with Gasteiger partial charge in [0.2, 0.25) is 0 Å². The Bertz CT molecular complexity index is 2920. The highest BCUT2D eigenvalue weighted by molar-refractivity contribution is 6.78. The first-order chi connectivity index (χ1) is 21.8. The lowest BCUT2D eigenvalue weighted by Crippen LogP contribution is -2.50. The second-order valence-corrected chi connectivity index (χ2v) is 12.8. The maximum atomic E-state index is 6.67. The van der Waals surface area contributed by atoms with Crippen LogP contribution in [-0.2, 0) is 13.0 Å². The second-order valence-electron chi connectivity index (χ2n) is 12.8. The van der Waals surface area contributed by atoms with Gasteiger partial charge < -0.3 is 17.9 Å². The molecule has 0 saturated heterocycles. The normalized spacial score (nSPS) is 16.2. The molecule has 0 aliphatic carbocycles. The van der Waals surface area contributed by atoms with Crippen LogP contribution < -0.4 is 5.46 Å². The summed E-state index contributed by atoms with van der Waals surface area (Å²) in [6, 6.07) is 39.7. The molecule has 4 nitrogen and oxygen atoms in total. The first-order valence-corrected chi connectivity index (χ1v) is 15.5. The van der Waals surface area contributed by atoms with E-state index in [1.54, 1.807) is 0 Å². The van der Waals surface area contributed by atoms with Crippen molar-refractivity contribution in [1.29, 1.82) is 0 Å². The molecule has 6 aromatic carbocycles. The first kappa shape index (κ1) is 22.2. The molecule has 2 aliphatic heterocycles. The summed E-state index contributed by atoms with van der Waals surface area (Å²) >= 11 is 0. The lowest BCUT2D eigenvalue weighted by Gasteiger charge is -2.36. The number of hydrogen-bond acceptors (Lipinski definition) is 2. The zero-order chi connectivity index (χ0) is 28.3. The molecule has 0 bridgehead atoms. The van der Waals surface area contributed by atoms with Gasteiger partial charge in [-0.3, -0.25) is 0 Å². The highest BCUT2D eigenvalue weighted by Gasteiger charge is 2.43. The summed E-state index contributed by atoms with van der Waals surface area (Å²) in [5.74, 6) is 0.402. The minimum atomic E-state index is 0.198. The van der Waals surface area contributed by atoms with Gasteiger partial charge in [-0.2, -0.15) is 0 Å². The van der Waals surface area contributed by atoms with Gasteiger partial charge in [0, 0.05) is 66.3 Å². The number of aromatic nitrogens is 2. The predicted molar refractivity (Wildman–Crippen MR) is 182 cm³/mol. The Kier molecular flexibility index (Phi) is 3.72. The molecular weight excluding hydrogens is 539 g/mol. The van der Waals surface area contributed by atoms with Crippen molar-refractivity contribution < 1.29 is 8.83 Å². The Morgan fingerprint density at radius 3 is 1.86 bits per heavy atom. The number of para-hydroxylation sites is 4. The number of furan rings is 2. The number of fused-ring (bicyclic) bond motifs is 17. The average molecular weight is 562 g/mol. The molecule has 204 valence electrons. The van der Waals surface area contributed by atoms with Crippen LogP contribution in [0.5, 0.6) is 0 Å². The van der Waals surface area contributed by atoms with Gasteiger partial charge in [-0.1, -0.05) is 78.9 Å². The fraction of sp³-hybridized carbons (Fsp3) is 0.0769. The molecule has 0 saturated carbocycles. The van der Waals surface area contributed by atoms with E-state index in [1.807, 2.05) is 0 Å². The summed E-state index contributed by atoms with van der Waals surface area (Å²) < 4.78 is 18.6. The summed E-state index contributed by atoms with van der Waals surface area (Å²) in [6.07, 6.45) is 1.02. The molecule has 0 radical (unpaired) electrons. The number of hydrogen-bond donors (Lipinski definition) is 0. The van der Waals surface area contributed by atoms with Crippen LogP contribution in [-0.4, -0.2) is 15.9 Å². The Hall–Kier alpha value is -5.42. The third-order valence-electron chi connectivity index (χ3n) is 10.7. The van der Waals surface area contributed by atoms with Gasteiger partial charge in [-0.15, -0.1) is 0 Å². The number of benzene rings is 6. The van der Waals surface area contributed by atoms with Gasteiger partial charge in [-0.25, -0.2) is 0 Å². The molecule has 44 heavy (non-hydrogen) atoms. The summed E-state index contributed by atoms with van der Waals surface area (Å²) in [7, 11) is 0. The van der Waals surface area contributed by atoms with Crippen molar-refractivity contribution in [1.82, 2.24) is 9.05 Å². The van der Waals surface area contributed by atoms with E-state index in [-0.39, 0.29) is 6.85 Å². The summed E-state index contributed by atoms with van der Waals surface area (Å²) in [5.41, 5.74) is 11.9. The third kappa shape index (κ3) is 2.41. The van der Waals surface area contributed by atoms with Crippen molar-refractivity contribution in [2.75, 3.05) is 0 Å². The maximum absolute atomic E-state index is 6.67. The Morgan fingerprint density at radius 1 is 0.568 bits per heavy atom. The monoisotopic (exact) mass is 562 g/mol. The van der Waals surface area contributed by atoms with Crippen molar-refractivity contribution in [3.63, 3.8) is 0 Å². The molecule has 1 atom stereocenters. The molecule has 4 aromatic heterocycles. The molecule has 12 rings (SSSR count). The van der Waals surface area contributed by atoms with E-state index in [0.29, 0.717) is 5.82 Å². The quantitative estimate of drug-likeness (QED) is 0.173. The van der Waals surface area contributed by atoms with E-state index in [0.717, 1.165) is 35.3 Å². The van der Waals surface area contributed by atoms with Crippen LogP contribution in [0.3, 0.4) is 0 Å². The number of nitrogens with zero attached hydrogens (tertiary/aromatic N) is 2. The van der Waals surface area contributed by atoms with Gasteiger partial charge in [0.1, 0.15) is 22.3 Å². The molecule has 5 heteroatoms. The van der Waals surface area contributed by atoms with E-state index < -0.39 is 0 Å². The maximum Gasteiger partial charge on any atom is 0.301 e. The molecule has 0 amide bonds. The summed E-state index contributed by atoms with van der Waals surface area (Å²) in [5, 5.41) is 9.85. The van der Waals surface area contributed by atoms with Crippen molar-refractivity contribution in [2.24, 2.45) is 0 Å². The fourth-order valence-electron chi connectivity index (χ4n) is 9.15. The SMILES string of the molecule is c1ccc2c(c1)oc1c2cc2c3c1c1ccccc1n3CC1Cc3cc4c5ccccc5oc4c4c5ccccc5n(c34)B21. The van der Waals surface area contributed by atoms with Gasteiger partial charge in [0.25, 0.3) is 0 Å². The van der Waals surface area contributed by atoms with E-state index in [2.05, 4.69) is 118 Å². The van der Waals surface area contributed by atoms with Crippen LogP contribution in [0, 0.1) is 0 Å². The van der Waals surface area contributed by atoms with E-state index in [1.165, 1.54) is 76.2 Å². The Balaban J connectivity index is 1.29. The van der Waals surface area contributed by atoms with Gasteiger partial charge >= 0.3 is 6.85 Å². The lowest BCUT2D eigenvalue weighted by molar-refractivity contribution is 0.646. The highest BCUT2D eigenvalue weighted by atomic mass is 16.3. The topological polar surface area (TPSA) is 36.1 Å². The largest absolute Gasteiger partial charge is 0.455 e. The summed E-state index contributed by atoms with van der Waals surface area (Å²) in [4.78, 5) is 0. The molecular formula is C39H23BN2O2. The molecule has 0 spiro atoms. The van der Waals surface area contributed by atoms with Gasteiger partial charge in [0.05, 0.1) is 5.39 Å². The van der Waals surface area contributed by atoms with E-state index >= 15 is 0 Å². The van der Waals surface area contributed by atoms with Crippen LogP contribution >= 0.6 is 0 Å². The highest BCUT2D eigenvalue weighted by Crippen LogP contribution is 2.48. The minimum absolute atomic E-state index is 0.198. The van der Waals surface area contributed by atoms with Gasteiger partial charge in [-0.05, 0) is 53.6 Å². The van der Waals surface area contributed by atoms with Crippen LogP contribution in [0.15, 0.2) is 118 Å². The first-order valence-electron chi connectivity index (χ1n) is 15.5. The molecule has 2 aliphatic rings. The van der Waals surface area contributed by atoms with E-state index in [9.17, 15) is 0 Å². The molecule has 1 unspecified atom stereocenters. The van der Waals surface area contributed by atoms with Gasteiger partial charge in [0.15, 0.2) is 0 Å². The molecule has 10 aromatic rings. The Morgan fingerprint density at radius 2 is 1.14 bits per heavy atom. The fourth-order valence-corrected chi connectivity index (χ4v) is 9.15. The van der Waals surface area contributed by atoms with Crippen molar-refractivity contribution in [2.45, 2.75) is 18.8 Å². The smallest absolute Gasteiger partial charge is 0.301 e. The second kappa shape index (κ2) is 7.38. The minimum Gasteiger partial charge on any atom is -0.455 e. The lowest BCUT2D eigenvalue weighted by atomic mass is 9.42. The van der Waals surface area contributed by atoms with Crippen LogP contribution in [0.2, 0.25) is 5.82 Å². The zero-order valence-electron chi connectivity index (χ0n) is 23.7. The molecule has 0 fully saturated rings. The van der Waals surface area contributed by atoms with E-state index in [4.69, 9.17) is 8.83 Å². The zero-order valence-corrected chi connectivity index (χ0v) is 23.7. The van der Waals surface area contributed by atoms with Crippen molar-refractivity contribution in [3.05, 3.63) is 115 Å². The molecule has 6 heterocycles. The summed E-state index contributed by atoms with van der Waals surface area (Å²) in [6.45, 7) is 1.16. The predicted octanol–water partition coefficient (Wildman–Crippen LogP) is 9.39. The van der Waals surface area contributed by atoms with Crippen molar-refractivity contribution in [3.8, 4) is 0 Å². The average Bonchev–Trinajstić information content (AvgIpc) is 3.81. The van der Waals surface area contributed by atoms with Crippen LogP contribution in [0.4, 0.5) is 0 Å². The van der Waals surface area contributed by atoms with Crippen LogP contribution in [0.25, 0.3) is 87.5 Å². The molecule has 0 N–H and O–H groups in total.